The number of nitrogens with zero attached hydrogens (tertiary/aromatic N) is 2. The van der Waals surface area contributed by atoms with Gasteiger partial charge in [0.05, 0.1) is 17.7 Å². The van der Waals surface area contributed by atoms with Gasteiger partial charge in [-0.05, 0) is 37.6 Å². The lowest BCUT2D eigenvalue weighted by molar-refractivity contribution is -0.385. The predicted molar refractivity (Wildman–Crippen MR) is 95.2 cm³/mol. The van der Waals surface area contributed by atoms with Crippen molar-refractivity contribution < 1.29 is 14.5 Å². The Balaban J connectivity index is 2.02. The van der Waals surface area contributed by atoms with Gasteiger partial charge in [0.1, 0.15) is 0 Å². The number of nitro groups is 1. The summed E-state index contributed by atoms with van der Waals surface area (Å²) in [6, 6.07) is 11.3. The van der Waals surface area contributed by atoms with E-state index in [0.29, 0.717) is 17.9 Å². The number of nitro benzene ring substituents is 1. The maximum atomic E-state index is 11.8. The Bertz CT molecular complexity index is 805. The molecule has 2 amide bonds. The van der Waals surface area contributed by atoms with E-state index in [1.165, 1.54) is 18.3 Å². The molecule has 2 aromatic rings. The molecule has 0 aliphatic heterocycles. The number of hydrogen-bond acceptors (Lipinski definition) is 5. The highest BCUT2D eigenvalue weighted by Crippen LogP contribution is 2.27. The summed E-state index contributed by atoms with van der Waals surface area (Å²) in [5.41, 5.74) is 4.21. The van der Waals surface area contributed by atoms with E-state index >= 15 is 0 Å². The first-order valence-corrected chi connectivity index (χ1v) is 7.58. The fraction of sp³-hybridized carbons (Fsp3) is 0.176. The maximum absolute atomic E-state index is 11.8. The van der Waals surface area contributed by atoms with Crippen LogP contribution in [0.25, 0.3) is 0 Å². The highest BCUT2D eigenvalue weighted by Gasteiger charge is 2.15. The summed E-state index contributed by atoms with van der Waals surface area (Å²) in [5.74, 6) is 0.190. The average molecular weight is 342 g/mol. The molecular formula is C17H18N4O4. The maximum Gasteiger partial charge on any atom is 0.339 e. The van der Waals surface area contributed by atoms with Crippen LogP contribution in [0.3, 0.4) is 0 Å². The lowest BCUT2D eigenvalue weighted by Crippen LogP contribution is -2.24. The molecule has 2 N–H and O–H groups in total. The van der Waals surface area contributed by atoms with E-state index in [1.807, 2.05) is 25.1 Å². The zero-order chi connectivity index (χ0) is 18.2. The number of benzene rings is 2. The summed E-state index contributed by atoms with van der Waals surface area (Å²) in [7, 11) is 0. The second kappa shape index (κ2) is 8.44. The number of amides is 2. The molecular weight excluding hydrogens is 324 g/mol. The SMILES string of the molecule is CCOc1ccc(/C=N\NC(=O)Nc2ccccc2C)cc1[N+](=O)[O-]. The van der Waals surface area contributed by atoms with Gasteiger partial charge >= 0.3 is 11.7 Å². The molecule has 0 atom stereocenters. The first-order chi connectivity index (χ1) is 12.0. The molecule has 8 nitrogen and oxygen atoms in total. The van der Waals surface area contributed by atoms with Crippen LogP contribution in [0.15, 0.2) is 47.6 Å². The van der Waals surface area contributed by atoms with Gasteiger partial charge in [-0.15, -0.1) is 0 Å². The van der Waals surface area contributed by atoms with Crippen LogP contribution in [0.2, 0.25) is 0 Å². The first kappa shape index (κ1) is 17.9. The smallest absolute Gasteiger partial charge is 0.339 e. The summed E-state index contributed by atoms with van der Waals surface area (Å²) in [5, 5.41) is 17.5. The third-order valence-corrected chi connectivity index (χ3v) is 3.25. The second-order valence-corrected chi connectivity index (χ2v) is 5.06. The van der Waals surface area contributed by atoms with E-state index in [2.05, 4.69) is 15.8 Å². The van der Waals surface area contributed by atoms with E-state index < -0.39 is 11.0 Å². The van der Waals surface area contributed by atoms with Crippen molar-refractivity contribution >= 4 is 23.6 Å². The molecule has 2 aromatic carbocycles. The van der Waals surface area contributed by atoms with E-state index in [9.17, 15) is 14.9 Å². The van der Waals surface area contributed by atoms with Crippen molar-refractivity contribution in [1.82, 2.24) is 5.43 Å². The highest BCUT2D eigenvalue weighted by molar-refractivity contribution is 5.91. The average Bonchev–Trinajstić information content (AvgIpc) is 2.58. The van der Waals surface area contributed by atoms with Crippen LogP contribution in [-0.2, 0) is 0 Å². The van der Waals surface area contributed by atoms with Gasteiger partial charge in [-0.1, -0.05) is 18.2 Å². The Kier molecular flexibility index (Phi) is 6.05. The van der Waals surface area contributed by atoms with Crippen LogP contribution >= 0.6 is 0 Å². The lowest BCUT2D eigenvalue weighted by Gasteiger charge is -2.07. The number of para-hydroxylation sites is 1. The van der Waals surface area contributed by atoms with E-state index in [-0.39, 0.29) is 11.4 Å². The Morgan fingerprint density at radius 3 is 2.76 bits per heavy atom. The number of aryl methyl sites for hydroxylation is 1. The monoisotopic (exact) mass is 342 g/mol. The molecule has 0 saturated heterocycles. The van der Waals surface area contributed by atoms with Crippen molar-refractivity contribution in [2.75, 3.05) is 11.9 Å². The summed E-state index contributed by atoms with van der Waals surface area (Å²) in [6.45, 7) is 3.95. The van der Waals surface area contributed by atoms with Crippen molar-refractivity contribution in [2.24, 2.45) is 5.10 Å². The Labute approximate surface area is 144 Å². The van der Waals surface area contributed by atoms with Crippen LogP contribution in [0.5, 0.6) is 5.75 Å². The van der Waals surface area contributed by atoms with Crippen LogP contribution in [-0.4, -0.2) is 23.8 Å². The zero-order valence-corrected chi connectivity index (χ0v) is 13.9. The molecule has 0 saturated carbocycles. The molecule has 0 bridgehead atoms. The van der Waals surface area contributed by atoms with Crippen molar-refractivity contribution in [3.05, 3.63) is 63.7 Å². The first-order valence-electron chi connectivity index (χ1n) is 7.58. The van der Waals surface area contributed by atoms with Crippen molar-refractivity contribution in [1.29, 1.82) is 0 Å². The number of ether oxygens (including phenoxy) is 1. The minimum atomic E-state index is -0.527. The van der Waals surface area contributed by atoms with Gasteiger partial charge in [0, 0.05) is 17.3 Å². The van der Waals surface area contributed by atoms with Gasteiger partial charge in [-0.2, -0.15) is 5.10 Å². The Morgan fingerprint density at radius 2 is 2.08 bits per heavy atom. The zero-order valence-electron chi connectivity index (χ0n) is 13.9. The van der Waals surface area contributed by atoms with Gasteiger partial charge in [0.25, 0.3) is 0 Å². The molecule has 0 unspecified atom stereocenters. The number of urea groups is 1. The number of hydrazone groups is 1. The molecule has 0 radical (unpaired) electrons. The predicted octanol–water partition coefficient (Wildman–Crippen LogP) is 3.46. The topological polar surface area (TPSA) is 106 Å². The normalized spacial score (nSPS) is 10.5. The molecule has 0 fully saturated rings. The molecule has 0 aliphatic carbocycles. The van der Waals surface area contributed by atoms with Gasteiger partial charge in [-0.3, -0.25) is 10.1 Å². The quantitative estimate of drug-likeness (QED) is 0.476. The van der Waals surface area contributed by atoms with Gasteiger partial charge in [0.15, 0.2) is 5.75 Å². The molecule has 0 heterocycles. The minimum absolute atomic E-state index is 0.157. The number of anilines is 1. The fourth-order valence-corrected chi connectivity index (χ4v) is 2.06. The second-order valence-electron chi connectivity index (χ2n) is 5.06. The van der Waals surface area contributed by atoms with Crippen LogP contribution < -0.4 is 15.5 Å². The Hall–Kier alpha value is -3.42. The van der Waals surface area contributed by atoms with E-state index in [0.717, 1.165) is 5.56 Å². The van der Waals surface area contributed by atoms with Crippen LogP contribution in [0.4, 0.5) is 16.2 Å². The summed E-state index contributed by atoms with van der Waals surface area (Å²) in [4.78, 5) is 22.3. The van der Waals surface area contributed by atoms with Gasteiger partial charge in [0.2, 0.25) is 0 Å². The summed E-state index contributed by atoms with van der Waals surface area (Å²) in [6.07, 6.45) is 1.32. The van der Waals surface area contributed by atoms with Crippen LogP contribution in [0.1, 0.15) is 18.1 Å². The standard InChI is InChI=1S/C17H18N4O4/c1-3-25-16-9-8-13(10-15(16)21(23)24)11-18-20-17(22)19-14-7-5-4-6-12(14)2/h4-11H,3H2,1-2H3,(H2,19,20,22)/b18-11-. The van der Waals surface area contributed by atoms with Crippen LogP contribution in [0, 0.1) is 17.0 Å². The molecule has 130 valence electrons. The summed E-state index contributed by atoms with van der Waals surface area (Å²) < 4.78 is 5.21. The number of carbonyl (C=O) groups is 1. The van der Waals surface area contributed by atoms with Gasteiger partial charge in [-0.25, -0.2) is 10.2 Å². The third kappa shape index (κ3) is 5.03. The number of nitrogens with one attached hydrogen (secondary N) is 2. The molecule has 0 aliphatic rings. The van der Waals surface area contributed by atoms with E-state index in [4.69, 9.17) is 4.74 Å². The summed E-state index contributed by atoms with van der Waals surface area (Å²) >= 11 is 0. The number of rotatable bonds is 6. The largest absolute Gasteiger partial charge is 0.487 e. The lowest BCUT2D eigenvalue weighted by atomic mass is 10.2. The minimum Gasteiger partial charge on any atom is -0.487 e. The van der Waals surface area contributed by atoms with Gasteiger partial charge < -0.3 is 10.1 Å². The molecule has 0 aromatic heterocycles. The van der Waals surface area contributed by atoms with E-state index in [1.54, 1.807) is 19.1 Å². The molecule has 25 heavy (non-hydrogen) atoms. The molecule has 8 heteroatoms. The molecule has 0 spiro atoms. The molecule has 2 rings (SSSR count). The Morgan fingerprint density at radius 1 is 1.32 bits per heavy atom. The number of carbonyl (C=O) groups excluding carboxylic acids is 1. The van der Waals surface area contributed by atoms with Crippen molar-refractivity contribution in [3.63, 3.8) is 0 Å². The highest BCUT2D eigenvalue weighted by atomic mass is 16.6. The van der Waals surface area contributed by atoms with Crippen molar-refractivity contribution in [2.45, 2.75) is 13.8 Å². The van der Waals surface area contributed by atoms with Crippen molar-refractivity contribution in [3.8, 4) is 5.75 Å². The number of hydrogen-bond donors (Lipinski definition) is 2. The third-order valence-electron chi connectivity index (χ3n) is 3.25. The fourth-order valence-electron chi connectivity index (χ4n) is 2.06.